The van der Waals surface area contributed by atoms with E-state index in [1.807, 2.05) is 37.3 Å². The van der Waals surface area contributed by atoms with Gasteiger partial charge in [0.2, 0.25) is 0 Å². The van der Waals surface area contributed by atoms with Crippen molar-refractivity contribution in [1.29, 1.82) is 0 Å². The molecular weight excluding hydrogens is 264 g/mol. The van der Waals surface area contributed by atoms with Crippen molar-refractivity contribution in [2.24, 2.45) is 0 Å². The highest BCUT2D eigenvalue weighted by Gasteiger charge is 2.09. The van der Waals surface area contributed by atoms with E-state index in [0.29, 0.717) is 18.4 Å². The van der Waals surface area contributed by atoms with Crippen LogP contribution < -0.4 is 5.32 Å². The number of aromatic nitrogens is 1. The second kappa shape index (κ2) is 7.33. The highest BCUT2D eigenvalue weighted by atomic mass is 16.1. The molecule has 0 aliphatic carbocycles. The first-order chi connectivity index (χ1) is 10.2. The largest absolute Gasteiger partial charge is 0.350 e. The van der Waals surface area contributed by atoms with E-state index in [-0.39, 0.29) is 11.9 Å². The Morgan fingerprint density at radius 1 is 1.24 bits per heavy atom. The van der Waals surface area contributed by atoms with Crippen LogP contribution in [0.25, 0.3) is 11.3 Å². The third kappa shape index (κ3) is 4.24. The van der Waals surface area contributed by atoms with Crippen LogP contribution >= 0.6 is 0 Å². The van der Waals surface area contributed by atoms with Crippen molar-refractivity contribution in [3.05, 3.63) is 54.2 Å². The molecule has 108 valence electrons. The Morgan fingerprint density at radius 3 is 2.62 bits per heavy atom. The Hall–Kier alpha value is -2.49. The van der Waals surface area contributed by atoms with E-state index in [1.54, 1.807) is 18.3 Å². The van der Waals surface area contributed by atoms with Crippen LogP contribution in [-0.2, 0) is 4.79 Å². The number of carbonyl (C=O) groups is 2. The number of pyridine rings is 1. The van der Waals surface area contributed by atoms with E-state index < -0.39 is 0 Å². The Bertz CT molecular complexity index is 594. The summed E-state index contributed by atoms with van der Waals surface area (Å²) in [5.41, 5.74) is 2.46. The summed E-state index contributed by atoms with van der Waals surface area (Å²) >= 11 is 0. The number of nitrogens with one attached hydrogen (secondary N) is 1. The van der Waals surface area contributed by atoms with Crippen molar-refractivity contribution in [1.82, 2.24) is 10.3 Å². The summed E-state index contributed by atoms with van der Waals surface area (Å²) in [6, 6.07) is 13.0. The van der Waals surface area contributed by atoms with Gasteiger partial charge in [0.1, 0.15) is 6.29 Å². The predicted molar refractivity (Wildman–Crippen MR) is 81.9 cm³/mol. The molecule has 1 atom stereocenters. The van der Waals surface area contributed by atoms with Gasteiger partial charge in [-0.2, -0.15) is 0 Å². The zero-order valence-electron chi connectivity index (χ0n) is 12.0. The molecule has 4 nitrogen and oxygen atoms in total. The fourth-order valence-electron chi connectivity index (χ4n) is 2.02. The van der Waals surface area contributed by atoms with Crippen LogP contribution in [0, 0.1) is 0 Å². The number of rotatable bonds is 6. The zero-order chi connectivity index (χ0) is 15.1. The average molecular weight is 282 g/mol. The van der Waals surface area contributed by atoms with Gasteiger partial charge in [0, 0.05) is 29.8 Å². The monoisotopic (exact) mass is 282 g/mol. The van der Waals surface area contributed by atoms with Gasteiger partial charge in [-0.05, 0) is 37.6 Å². The summed E-state index contributed by atoms with van der Waals surface area (Å²) in [6.07, 6.45) is 3.72. The van der Waals surface area contributed by atoms with E-state index >= 15 is 0 Å². The summed E-state index contributed by atoms with van der Waals surface area (Å²) in [7, 11) is 0. The zero-order valence-corrected chi connectivity index (χ0v) is 12.0. The first-order valence-electron chi connectivity index (χ1n) is 6.96. The summed E-state index contributed by atoms with van der Waals surface area (Å²) < 4.78 is 0. The minimum absolute atomic E-state index is 0.0156. The van der Waals surface area contributed by atoms with E-state index in [2.05, 4.69) is 10.3 Å². The van der Waals surface area contributed by atoms with Crippen molar-refractivity contribution in [3.63, 3.8) is 0 Å². The molecule has 0 aliphatic heterocycles. The minimum Gasteiger partial charge on any atom is -0.350 e. The van der Waals surface area contributed by atoms with Gasteiger partial charge in [0.15, 0.2) is 0 Å². The van der Waals surface area contributed by atoms with Gasteiger partial charge < -0.3 is 10.1 Å². The lowest BCUT2D eigenvalue weighted by atomic mass is 10.1. The van der Waals surface area contributed by atoms with Gasteiger partial charge in [-0.25, -0.2) is 0 Å². The Kier molecular flexibility index (Phi) is 5.21. The molecular formula is C17H18N2O2. The lowest BCUT2D eigenvalue weighted by Crippen LogP contribution is -2.32. The number of amides is 1. The van der Waals surface area contributed by atoms with Crippen LogP contribution in [0.15, 0.2) is 48.7 Å². The number of benzene rings is 1. The van der Waals surface area contributed by atoms with Gasteiger partial charge in [0.25, 0.3) is 5.91 Å². The van der Waals surface area contributed by atoms with Crippen molar-refractivity contribution in [2.45, 2.75) is 25.8 Å². The molecule has 1 heterocycles. The van der Waals surface area contributed by atoms with E-state index in [0.717, 1.165) is 17.5 Å². The van der Waals surface area contributed by atoms with E-state index in [4.69, 9.17) is 0 Å². The Morgan fingerprint density at radius 2 is 2.00 bits per heavy atom. The van der Waals surface area contributed by atoms with Crippen molar-refractivity contribution >= 4 is 12.2 Å². The molecule has 0 fully saturated rings. The quantitative estimate of drug-likeness (QED) is 0.829. The van der Waals surface area contributed by atoms with E-state index in [9.17, 15) is 9.59 Å². The Labute approximate surface area is 124 Å². The van der Waals surface area contributed by atoms with Gasteiger partial charge in [0.05, 0.1) is 5.69 Å². The second-order valence-corrected chi connectivity index (χ2v) is 4.91. The SMILES string of the molecule is CC(CCC=O)NC(=O)c1ccc(-c2ccccn2)cc1. The lowest BCUT2D eigenvalue weighted by molar-refractivity contribution is -0.108. The van der Waals surface area contributed by atoms with Crippen LogP contribution in [0.1, 0.15) is 30.1 Å². The molecule has 0 aliphatic rings. The molecule has 0 saturated carbocycles. The van der Waals surface area contributed by atoms with Crippen LogP contribution in [0.5, 0.6) is 0 Å². The van der Waals surface area contributed by atoms with Gasteiger partial charge in [-0.1, -0.05) is 18.2 Å². The molecule has 1 aromatic carbocycles. The molecule has 0 spiro atoms. The minimum atomic E-state index is -0.124. The van der Waals surface area contributed by atoms with Crippen molar-refractivity contribution in [2.75, 3.05) is 0 Å². The number of nitrogens with zero attached hydrogens (tertiary/aromatic N) is 1. The highest BCUT2D eigenvalue weighted by Crippen LogP contribution is 2.16. The van der Waals surface area contributed by atoms with Gasteiger partial charge in [-0.3, -0.25) is 9.78 Å². The van der Waals surface area contributed by atoms with Crippen LogP contribution in [0.4, 0.5) is 0 Å². The third-order valence-corrected chi connectivity index (χ3v) is 3.20. The van der Waals surface area contributed by atoms with Crippen LogP contribution in [-0.4, -0.2) is 23.2 Å². The molecule has 21 heavy (non-hydrogen) atoms. The summed E-state index contributed by atoms with van der Waals surface area (Å²) in [6.45, 7) is 1.89. The maximum Gasteiger partial charge on any atom is 0.251 e. The van der Waals surface area contributed by atoms with Crippen LogP contribution in [0.2, 0.25) is 0 Å². The fraction of sp³-hybridized carbons (Fsp3) is 0.235. The number of hydrogen-bond acceptors (Lipinski definition) is 3. The molecule has 0 radical (unpaired) electrons. The average Bonchev–Trinajstić information content (AvgIpc) is 2.54. The van der Waals surface area contributed by atoms with Gasteiger partial charge in [-0.15, -0.1) is 0 Å². The lowest BCUT2D eigenvalue weighted by Gasteiger charge is -2.12. The molecule has 0 bridgehead atoms. The number of aldehydes is 1. The van der Waals surface area contributed by atoms with Crippen molar-refractivity contribution in [3.8, 4) is 11.3 Å². The molecule has 1 unspecified atom stereocenters. The summed E-state index contributed by atoms with van der Waals surface area (Å²) in [5.74, 6) is -0.124. The Balaban J connectivity index is 2.02. The second-order valence-electron chi connectivity index (χ2n) is 4.91. The molecule has 4 heteroatoms. The smallest absolute Gasteiger partial charge is 0.251 e. The number of hydrogen-bond donors (Lipinski definition) is 1. The predicted octanol–water partition coefficient (Wildman–Crippen LogP) is 2.85. The topological polar surface area (TPSA) is 59.1 Å². The first kappa shape index (κ1) is 14.9. The standard InChI is InChI=1S/C17H18N2O2/c1-13(5-4-12-20)19-17(21)15-9-7-14(8-10-15)16-6-2-3-11-18-16/h2-3,6-13H,4-5H2,1H3,(H,19,21). The highest BCUT2D eigenvalue weighted by molar-refractivity contribution is 5.94. The molecule has 1 amide bonds. The van der Waals surface area contributed by atoms with E-state index in [1.165, 1.54) is 0 Å². The maximum absolute atomic E-state index is 12.1. The first-order valence-corrected chi connectivity index (χ1v) is 6.96. The molecule has 0 saturated heterocycles. The van der Waals surface area contributed by atoms with Crippen LogP contribution in [0.3, 0.4) is 0 Å². The fourth-order valence-corrected chi connectivity index (χ4v) is 2.02. The van der Waals surface area contributed by atoms with Crippen molar-refractivity contribution < 1.29 is 9.59 Å². The molecule has 2 aromatic rings. The molecule has 1 N–H and O–H groups in total. The third-order valence-electron chi connectivity index (χ3n) is 3.20. The summed E-state index contributed by atoms with van der Waals surface area (Å²) in [5, 5.41) is 2.88. The molecule has 2 rings (SSSR count). The van der Waals surface area contributed by atoms with Gasteiger partial charge >= 0.3 is 0 Å². The molecule has 1 aromatic heterocycles. The number of carbonyl (C=O) groups excluding carboxylic acids is 2. The summed E-state index contributed by atoms with van der Waals surface area (Å²) in [4.78, 5) is 26.6. The normalized spacial score (nSPS) is 11.7. The maximum atomic E-state index is 12.1.